The second kappa shape index (κ2) is 4.65. The lowest BCUT2D eigenvalue weighted by molar-refractivity contribution is 0.102. The predicted molar refractivity (Wildman–Crippen MR) is 67.8 cm³/mol. The van der Waals surface area contributed by atoms with Crippen LogP contribution in [0.3, 0.4) is 0 Å². The van der Waals surface area contributed by atoms with E-state index in [-0.39, 0.29) is 5.91 Å². The molecule has 0 atom stereocenters. The van der Waals surface area contributed by atoms with E-state index in [0.29, 0.717) is 16.9 Å². The van der Waals surface area contributed by atoms with Crippen molar-refractivity contribution in [1.29, 1.82) is 0 Å². The third-order valence-electron chi connectivity index (χ3n) is 2.40. The highest BCUT2D eigenvalue weighted by Crippen LogP contribution is 2.13. The summed E-state index contributed by atoms with van der Waals surface area (Å²) in [5, 5.41) is 2.80. The first-order valence-electron chi connectivity index (χ1n) is 5.25. The van der Waals surface area contributed by atoms with Gasteiger partial charge in [-0.05, 0) is 37.3 Å². The number of nitrogens with zero attached hydrogens (tertiary/aromatic N) is 1. The van der Waals surface area contributed by atoms with Gasteiger partial charge in [0.25, 0.3) is 5.91 Å². The number of benzene rings is 1. The minimum atomic E-state index is -0.187. The Morgan fingerprint density at radius 3 is 2.82 bits per heavy atom. The van der Waals surface area contributed by atoms with Crippen LogP contribution in [0.1, 0.15) is 16.1 Å². The molecule has 0 saturated heterocycles. The Bertz CT molecular complexity index is 552. The molecule has 0 aliphatic heterocycles. The number of hydrogen-bond acceptors (Lipinski definition) is 3. The van der Waals surface area contributed by atoms with Crippen LogP contribution >= 0.6 is 0 Å². The van der Waals surface area contributed by atoms with Gasteiger partial charge in [0.05, 0.1) is 11.4 Å². The average molecular weight is 227 g/mol. The lowest BCUT2D eigenvalue weighted by Gasteiger charge is -2.07. The van der Waals surface area contributed by atoms with Gasteiger partial charge < -0.3 is 11.1 Å². The van der Waals surface area contributed by atoms with Gasteiger partial charge in [-0.2, -0.15) is 0 Å². The highest BCUT2D eigenvalue weighted by molar-refractivity contribution is 6.04. The molecule has 2 rings (SSSR count). The molecular weight excluding hydrogens is 214 g/mol. The van der Waals surface area contributed by atoms with Crippen molar-refractivity contribution in [3.63, 3.8) is 0 Å². The third kappa shape index (κ3) is 2.60. The largest absolute Gasteiger partial charge is 0.399 e. The van der Waals surface area contributed by atoms with Gasteiger partial charge in [-0.15, -0.1) is 0 Å². The number of pyridine rings is 1. The van der Waals surface area contributed by atoms with Crippen LogP contribution in [0.15, 0.2) is 42.6 Å². The fourth-order valence-electron chi connectivity index (χ4n) is 1.49. The lowest BCUT2D eigenvalue weighted by Crippen LogP contribution is -2.13. The number of nitrogens with two attached hydrogens (primary N) is 1. The molecule has 0 radical (unpaired) electrons. The Labute approximate surface area is 99.5 Å². The summed E-state index contributed by atoms with van der Waals surface area (Å²) in [6, 6.07) is 10.4. The number of aromatic nitrogens is 1. The van der Waals surface area contributed by atoms with Crippen molar-refractivity contribution in [1.82, 2.24) is 4.98 Å². The highest BCUT2D eigenvalue weighted by Gasteiger charge is 2.07. The quantitative estimate of drug-likeness (QED) is 0.773. The zero-order valence-electron chi connectivity index (χ0n) is 9.47. The summed E-state index contributed by atoms with van der Waals surface area (Å²) in [5.74, 6) is -0.187. The van der Waals surface area contributed by atoms with Crippen LogP contribution in [-0.4, -0.2) is 10.9 Å². The van der Waals surface area contributed by atoms with Gasteiger partial charge in [0.1, 0.15) is 0 Å². The van der Waals surface area contributed by atoms with Gasteiger partial charge in [0.15, 0.2) is 0 Å². The van der Waals surface area contributed by atoms with E-state index < -0.39 is 0 Å². The van der Waals surface area contributed by atoms with E-state index in [9.17, 15) is 4.79 Å². The third-order valence-corrected chi connectivity index (χ3v) is 2.40. The van der Waals surface area contributed by atoms with Crippen molar-refractivity contribution in [3.8, 4) is 0 Å². The Kier molecular flexibility index (Phi) is 3.05. The zero-order valence-corrected chi connectivity index (χ0v) is 9.47. The molecule has 0 fully saturated rings. The molecular formula is C13H13N3O. The molecule has 0 unspecified atom stereocenters. The molecule has 86 valence electrons. The molecule has 0 spiro atoms. The molecule has 0 aliphatic carbocycles. The van der Waals surface area contributed by atoms with Crippen molar-refractivity contribution in [3.05, 3.63) is 53.9 Å². The number of carbonyl (C=O) groups excluding carboxylic acids is 1. The second-order valence-electron chi connectivity index (χ2n) is 3.72. The highest BCUT2D eigenvalue weighted by atomic mass is 16.1. The standard InChI is InChI=1S/C13H13N3O/c1-9-12(6-3-7-15-9)16-13(17)10-4-2-5-11(14)8-10/h2-8H,14H2,1H3,(H,16,17). The fourth-order valence-corrected chi connectivity index (χ4v) is 1.49. The van der Waals surface area contributed by atoms with Crippen molar-refractivity contribution >= 4 is 17.3 Å². The molecule has 4 heteroatoms. The monoisotopic (exact) mass is 227 g/mol. The SMILES string of the molecule is Cc1ncccc1NC(=O)c1cccc(N)c1. The number of nitrogen functional groups attached to an aromatic ring is 1. The molecule has 0 bridgehead atoms. The fraction of sp³-hybridized carbons (Fsp3) is 0.0769. The van der Waals surface area contributed by atoms with E-state index in [2.05, 4.69) is 10.3 Å². The van der Waals surface area contributed by atoms with Crippen molar-refractivity contribution in [2.24, 2.45) is 0 Å². The number of rotatable bonds is 2. The average Bonchev–Trinajstić information content (AvgIpc) is 2.32. The minimum Gasteiger partial charge on any atom is -0.399 e. The topological polar surface area (TPSA) is 68.0 Å². The van der Waals surface area contributed by atoms with E-state index in [1.54, 1.807) is 36.5 Å². The Morgan fingerprint density at radius 1 is 1.29 bits per heavy atom. The maximum absolute atomic E-state index is 11.9. The van der Waals surface area contributed by atoms with Crippen molar-refractivity contribution < 1.29 is 4.79 Å². The molecule has 4 nitrogen and oxygen atoms in total. The number of nitrogens with one attached hydrogen (secondary N) is 1. The van der Waals surface area contributed by atoms with E-state index in [0.717, 1.165) is 5.69 Å². The van der Waals surface area contributed by atoms with Crippen LogP contribution in [0.4, 0.5) is 11.4 Å². The molecule has 2 aromatic rings. The van der Waals surface area contributed by atoms with Gasteiger partial charge in [-0.25, -0.2) is 0 Å². The number of amides is 1. The van der Waals surface area contributed by atoms with Gasteiger partial charge in [0.2, 0.25) is 0 Å². The Hall–Kier alpha value is -2.36. The van der Waals surface area contributed by atoms with Crippen LogP contribution in [0.25, 0.3) is 0 Å². The van der Waals surface area contributed by atoms with Crippen molar-refractivity contribution in [2.75, 3.05) is 11.1 Å². The van der Waals surface area contributed by atoms with Gasteiger partial charge >= 0.3 is 0 Å². The molecule has 1 amide bonds. The van der Waals surface area contributed by atoms with Gasteiger partial charge in [0, 0.05) is 17.4 Å². The van der Waals surface area contributed by atoms with Gasteiger partial charge in [-0.3, -0.25) is 9.78 Å². The predicted octanol–water partition coefficient (Wildman–Crippen LogP) is 2.22. The summed E-state index contributed by atoms with van der Waals surface area (Å²) in [6.07, 6.45) is 1.69. The van der Waals surface area contributed by atoms with E-state index in [1.165, 1.54) is 0 Å². The molecule has 0 aliphatic rings. The summed E-state index contributed by atoms with van der Waals surface area (Å²) in [7, 11) is 0. The Balaban J connectivity index is 2.20. The van der Waals surface area contributed by atoms with E-state index >= 15 is 0 Å². The maximum Gasteiger partial charge on any atom is 0.255 e. The summed E-state index contributed by atoms with van der Waals surface area (Å²) in [6.45, 7) is 1.84. The molecule has 1 aromatic carbocycles. The Morgan fingerprint density at radius 2 is 2.12 bits per heavy atom. The lowest BCUT2D eigenvalue weighted by atomic mass is 10.2. The molecule has 3 N–H and O–H groups in total. The first-order valence-corrected chi connectivity index (χ1v) is 5.25. The smallest absolute Gasteiger partial charge is 0.255 e. The number of hydrogen-bond donors (Lipinski definition) is 2. The number of aryl methyl sites for hydroxylation is 1. The van der Waals surface area contributed by atoms with Crippen LogP contribution < -0.4 is 11.1 Å². The molecule has 0 saturated carbocycles. The van der Waals surface area contributed by atoms with Gasteiger partial charge in [-0.1, -0.05) is 6.07 Å². The van der Waals surface area contributed by atoms with Crippen LogP contribution in [0.2, 0.25) is 0 Å². The van der Waals surface area contributed by atoms with Crippen LogP contribution in [0.5, 0.6) is 0 Å². The summed E-state index contributed by atoms with van der Waals surface area (Å²) < 4.78 is 0. The number of carbonyl (C=O) groups is 1. The zero-order chi connectivity index (χ0) is 12.3. The summed E-state index contributed by atoms with van der Waals surface area (Å²) >= 11 is 0. The number of anilines is 2. The van der Waals surface area contributed by atoms with Crippen molar-refractivity contribution in [2.45, 2.75) is 6.92 Å². The van der Waals surface area contributed by atoms with E-state index in [1.807, 2.05) is 13.0 Å². The van der Waals surface area contributed by atoms with Crippen LogP contribution in [-0.2, 0) is 0 Å². The summed E-state index contributed by atoms with van der Waals surface area (Å²) in [4.78, 5) is 16.0. The first-order chi connectivity index (χ1) is 8.16. The first kappa shape index (κ1) is 11.1. The molecule has 17 heavy (non-hydrogen) atoms. The maximum atomic E-state index is 11.9. The normalized spacial score (nSPS) is 9.94. The van der Waals surface area contributed by atoms with Crippen LogP contribution in [0, 0.1) is 6.92 Å². The molecule has 1 aromatic heterocycles. The second-order valence-corrected chi connectivity index (χ2v) is 3.72. The minimum absolute atomic E-state index is 0.187. The summed E-state index contributed by atoms with van der Waals surface area (Å²) in [5.41, 5.74) is 8.22. The molecule has 1 heterocycles. The van der Waals surface area contributed by atoms with E-state index in [4.69, 9.17) is 5.73 Å².